The van der Waals surface area contributed by atoms with Crippen molar-refractivity contribution in [2.75, 3.05) is 13.2 Å². The third-order valence-electron chi connectivity index (χ3n) is 4.05. The van der Waals surface area contributed by atoms with Crippen LogP contribution in [-0.2, 0) is 5.41 Å². The molecule has 1 aliphatic heterocycles. The van der Waals surface area contributed by atoms with Crippen molar-refractivity contribution in [3.05, 3.63) is 67.5 Å². The average Bonchev–Trinajstić information content (AvgIpc) is 2.58. The molecule has 0 fully saturated rings. The highest BCUT2D eigenvalue weighted by atomic mass is 16.6. The first kappa shape index (κ1) is 17.3. The maximum absolute atomic E-state index is 11.5. The Labute approximate surface area is 136 Å². The van der Waals surface area contributed by atoms with Gasteiger partial charge in [-0.05, 0) is 18.0 Å². The van der Waals surface area contributed by atoms with Gasteiger partial charge in [0.1, 0.15) is 5.76 Å². The van der Waals surface area contributed by atoms with Crippen LogP contribution in [0.2, 0.25) is 0 Å². The second-order valence-corrected chi connectivity index (χ2v) is 5.20. The topological polar surface area (TPSA) is 170 Å². The number of hydrogen-bond acceptors (Lipinski definition) is 7. The van der Waals surface area contributed by atoms with E-state index in [9.17, 15) is 20.3 Å². The number of nitrogens with zero attached hydrogens (tertiary/aromatic N) is 4. The molecule has 0 bridgehead atoms. The van der Waals surface area contributed by atoms with Crippen LogP contribution < -0.4 is 11.1 Å². The fraction of sp³-hybridized carbons (Fsp3) is 0.286. The predicted molar refractivity (Wildman–Crippen MR) is 86.3 cm³/mol. The molecule has 5 N–H and O–H groups in total. The zero-order valence-electron chi connectivity index (χ0n) is 12.8. The van der Waals surface area contributed by atoms with Crippen LogP contribution in [0.15, 0.2) is 46.5 Å². The Morgan fingerprint density at radius 3 is 2.79 bits per heavy atom. The molecule has 1 aromatic carbocycles. The number of benzene rings is 1. The van der Waals surface area contributed by atoms with E-state index in [1.54, 1.807) is 6.92 Å². The number of nitro benzene ring substituents is 1. The van der Waals surface area contributed by atoms with Crippen molar-refractivity contribution in [3.8, 4) is 0 Å². The van der Waals surface area contributed by atoms with Crippen LogP contribution in [0.4, 0.5) is 11.4 Å². The number of nitro groups is 1. The zero-order valence-corrected chi connectivity index (χ0v) is 12.8. The lowest BCUT2D eigenvalue weighted by Gasteiger charge is -2.37. The molecule has 0 saturated heterocycles. The van der Waals surface area contributed by atoms with E-state index in [0.717, 1.165) is 6.07 Å². The van der Waals surface area contributed by atoms with Gasteiger partial charge >= 0.3 is 0 Å². The molecule has 10 nitrogen and oxygen atoms in total. The lowest BCUT2D eigenvalue weighted by molar-refractivity contribution is -0.385. The lowest BCUT2D eigenvalue weighted by atomic mass is 9.70. The number of nitrogens with two attached hydrogens (primary N) is 1. The fourth-order valence-corrected chi connectivity index (χ4v) is 2.82. The van der Waals surface area contributed by atoms with E-state index in [4.69, 9.17) is 11.3 Å². The van der Waals surface area contributed by atoms with E-state index in [-0.39, 0.29) is 34.8 Å². The lowest BCUT2D eigenvalue weighted by Crippen LogP contribution is -2.44. The first-order valence-corrected chi connectivity index (χ1v) is 6.93. The predicted octanol–water partition coefficient (Wildman–Crippen LogP) is 2.00. The molecule has 126 valence electrons. The molecule has 0 saturated carbocycles. The van der Waals surface area contributed by atoms with Crippen LogP contribution in [0, 0.1) is 10.1 Å². The van der Waals surface area contributed by atoms with Crippen LogP contribution in [-0.4, -0.2) is 28.3 Å². The molecule has 1 aliphatic rings. The first-order chi connectivity index (χ1) is 11.4. The molecule has 24 heavy (non-hydrogen) atoms. The summed E-state index contributed by atoms with van der Waals surface area (Å²) in [4.78, 5) is 13.4. The quantitative estimate of drug-likeness (QED) is 0.211. The smallest absolute Gasteiger partial charge is 0.274 e. The minimum absolute atomic E-state index is 0.0591. The van der Waals surface area contributed by atoms with Gasteiger partial charge in [-0.1, -0.05) is 17.2 Å². The highest BCUT2D eigenvalue weighted by Crippen LogP contribution is 2.44. The van der Waals surface area contributed by atoms with E-state index in [2.05, 4.69) is 15.3 Å². The molecule has 1 atom stereocenters. The highest BCUT2D eigenvalue weighted by Gasteiger charge is 2.46. The Bertz CT molecular complexity index is 796. The standard InChI is InChI=1S/C14H16N6O4/c1-8-13(22)14(7-15,9(6-21)5-17-8)11-3-2-10(18-19-16)4-12(11)20(23)24/h2-5,17,21-22H,6-7,15H2,1H3. The Morgan fingerprint density at radius 2 is 2.25 bits per heavy atom. The van der Waals surface area contributed by atoms with Crippen molar-refractivity contribution in [1.82, 2.24) is 5.32 Å². The maximum atomic E-state index is 11.5. The first-order valence-electron chi connectivity index (χ1n) is 6.93. The second kappa shape index (κ2) is 6.59. The van der Waals surface area contributed by atoms with E-state index in [0.29, 0.717) is 5.70 Å². The molecule has 0 aliphatic carbocycles. The number of allylic oxidation sites excluding steroid dienone is 1. The van der Waals surface area contributed by atoms with E-state index in [1.165, 1.54) is 18.3 Å². The van der Waals surface area contributed by atoms with Crippen LogP contribution in [0.5, 0.6) is 0 Å². The van der Waals surface area contributed by atoms with Gasteiger partial charge in [0.2, 0.25) is 0 Å². The summed E-state index contributed by atoms with van der Waals surface area (Å²) < 4.78 is 0. The number of azide groups is 1. The third-order valence-corrected chi connectivity index (χ3v) is 4.05. The van der Waals surface area contributed by atoms with Gasteiger partial charge in [0, 0.05) is 35.0 Å². The van der Waals surface area contributed by atoms with Crippen molar-refractivity contribution >= 4 is 11.4 Å². The highest BCUT2D eigenvalue weighted by molar-refractivity contribution is 5.61. The van der Waals surface area contributed by atoms with Crippen LogP contribution in [0.25, 0.3) is 10.4 Å². The van der Waals surface area contributed by atoms with Gasteiger partial charge in [-0.3, -0.25) is 10.1 Å². The third kappa shape index (κ3) is 2.54. The molecule has 0 radical (unpaired) electrons. The monoisotopic (exact) mass is 332 g/mol. The molecule has 10 heteroatoms. The number of nitrogens with one attached hydrogen (secondary N) is 1. The molecule has 0 amide bonds. The van der Waals surface area contributed by atoms with Crippen molar-refractivity contribution in [1.29, 1.82) is 0 Å². The molecule has 0 spiro atoms. The molecule has 0 aromatic heterocycles. The normalized spacial score (nSPS) is 20.0. The van der Waals surface area contributed by atoms with Gasteiger partial charge in [-0.25, -0.2) is 0 Å². The van der Waals surface area contributed by atoms with Gasteiger partial charge in [-0.15, -0.1) is 0 Å². The Hall–Kier alpha value is -3.07. The number of aliphatic hydroxyl groups is 2. The Balaban J connectivity index is 2.83. The molecular formula is C14H16N6O4. The van der Waals surface area contributed by atoms with E-state index in [1.807, 2.05) is 0 Å². The van der Waals surface area contributed by atoms with E-state index >= 15 is 0 Å². The summed E-state index contributed by atoms with van der Waals surface area (Å²) in [5, 5.41) is 37.9. The zero-order chi connectivity index (χ0) is 17.9. The largest absolute Gasteiger partial charge is 0.509 e. The van der Waals surface area contributed by atoms with Gasteiger partial charge in [0.15, 0.2) is 0 Å². The molecular weight excluding hydrogens is 316 g/mol. The minimum atomic E-state index is -1.44. The molecule has 1 unspecified atom stereocenters. The summed E-state index contributed by atoms with van der Waals surface area (Å²) in [6.07, 6.45) is 1.47. The molecule has 1 heterocycles. The number of dihydropyridines is 1. The van der Waals surface area contributed by atoms with Crippen molar-refractivity contribution < 1.29 is 15.1 Å². The van der Waals surface area contributed by atoms with Gasteiger partial charge in [-0.2, -0.15) is 0 Å². The van der Waals surface area contributed by atoms with Crippen LogP contribution >= 0.6 is 0 Å². The fourth-order valence-electron chi connectivity index (χ4n) is 2.82. The summed E-state index contributed by atoms with van der Waals surface area (Å²) >= 11 is 0. The SMILES string of the molecule is CC1=C(O)C(CN)(c2ccc(N=[N+]=[N-])cc2[N+](=O)[O-])C(CO)=CN1. The summed E-state index contributed by atoms with van der Waals surface area (Å²) in [5.74, 6) is -0.212. The summed E-state index contributed by atoms with van der Waals surface area (Å²) in [7, 11) is 0. The molecule has 1 aromatic rings. The summed E-state index contributed by atoms with van der Waals surface area (Å²) in [5.41, 5.74) is 13.4. The van der Waals surface area contributed by atoms with Crippen molar-refractivity contribution in [2.24, 2.45) is 10.8 Å². The number of rotatable bonds is 5. The van der Waals surface area contributed by atoms with Gasteiger partial charge in [0.05, 0.1) is 22.6 Å². The average molecular weight is 332 g/mol. The van der Waals surface area contributed by atoms with Gasteiger partial charge in [0.25, 0.3) is 5.69 Å². The summed E-state index contributed by atoms with van der Waals surface area (Å²) in [6, 6.07) is 3.86. The molecule has 2 rings (SSSR count). The number of hydrogen-bond donors (Lipinski definition) is 4. The van der Waals surface area contributed by atoms with Crippen molar-refractivity contribution in [2.45, 2.75) is 12.3 Å². The Kier molecular flexibility index (Phi) is 4.74. The summed E-state index contributed by atoms with van der Waals surface area (Å²) in [6.45, 7) is 0.924. The van der Waals surface area contributed by atoms with Crippen molar-refractivity contribution in [3.63, 3.8) is 0 Å². The van der Waals surface area contributed by atoms with Gasteiger partial charge < -0.3 is 21.3 Å². The van der Waals surface area contributed by atoms with Crippen LogP contribution in [0.3, 0.4) is 0 Å². The minimum Gasteiger partial charge on any atom is -0.509 e. The van der Waals surface area contributed by atoms with Crippen LogP contribution in [0.1, 0.15) is 12.5 Å². The maximum Gasteiger partial charge on any atom is 0.274 e. The Morgan fingerprint density at radius 1 is 1.54 bits per heavy atom. The number of aliphatic hydroxyl groups excluding tert-OH is 2. The second-order valence-electron chi connectivity index (χ2n) is 5.20. The van der Waals surface area contributed by atoms with E-state index < -0.39 is 16.9 Å².